The molecule has 2 rings (SSSR count). The molecule has 2 atom stereocenters. The second kappa shape index (κ2) is 5.31. The van der Waals surface area contributed by atoms with Crippen molar-refractivity contribution in [2.75, 3.05) is 19.6 Å². The van der Waals surface area contributed by atoms with Gasteiger partial charge >= 0.3 is 0 Å². The molecule has 1 aliphatic heterocycles. The van der Waals surface area contributed by atoms with Crippen LogP contribution in [0.2, 0.25) is 0 Å². The van der Waals surface area contributed by atoms with Gasteiger partial charge in [-0.2, -0.15) is 5.10 Å². The summed E-state index contributed by atoms with van der Waals surface area (Å²) in [5.74, 6) is 0.601. The van der Waals surface area contributed by atoms with Gasteiger partial charge in [0.2, 0.25) is 5.91 Å². The van der Waals surface area contributed by atoms with E-state index in [1.807, 2.05) is 24.1 Å². The molecule has 0 aliphatic carbocycles. The summed E-state index contributed by atoms with van der Waals surface area (Å²) in [6.07, 6.45) is 5.71. The number of piperidine rings is 1. The molecular weight excluding hydrogens is 216 g/mol. The molecule has 5 heteroatoms. The molecule has 5 nitrogen and oxygen atoms in total. The summed E-state index contributed by atoms with van der Waals surface area (Å²) in [5.41, 5.74) is 5.68. The number of carbonyl (C=O) groups is 1. The van der Waals surface area contributed by atoms with Gasteiger partial charge in [-0.3, -0.25) is 9.48 Å². The van der Waals surface area contributed by atoms with Crippen molar-refractivity contribution in [1.82, 2.24) is 14.7 Å². The minimum atomic E-state index is -0.221. The van der Waals surface area contributed by atoms with Gasteiger partial charge < -0.3 is 10.6 Å². The van der Waals surface area contributed by atoms with Gasteiger partial charge in [0, 0.05) is 25.5 Å². The summed E-state index contributed by atoms with van der Waals surface area (Å²) in [7, 11) is 0. The number of rotatable bonds is 3. The number of aromatic nitrogens is 2. The zero-order valence-corrected chi connectivity index (χ0v) is 10.2. The van der Waals surface area contributed by atoms with E-state index >= 15 is 0 Å². The third kappa shape index (κ3) is 2.66. The fourth-order valence-electron chi connectivity index (χ4n) is 2.34. The molecule has 1 saturated heterocycles. The lowest BCUT2D eigenvalue weighted by molar-refractivity contribution is -0.136. The SMILES string of the molecule is C[C@H](C(=O)N1CCC[C@@H](CN)C1)n1cccn1. The normalized spacial score (nSPS) is 22.5. The molecule has 0 spiro atoms. The molecule has 17 heavy (non-hydrogen) atoms. The van der Waals surface area contributed by atoms with Crippen molar-refractivity contribution >= 4 is 5.91 Å². The van der Waals surface area contributed by atoms with Crippen LogP contribution in [0.15, 0.2) is 18.5 Å². The van der Waals surface area contributed by atoms with E-state index in [2.05, 4.69) is 5.10 Å². The van der Waals surface area contributed by atoms with E-state index in [1.54, 1.807) is 10.9 Å². The second-order valence-corrected chi connectivity index (χ2v) is 4.69. The van der Waals surface area contributed by atoms with Gasteiger partial charge in [0.15, 0.2) is 0 Å². The van der Waals surface area contributed by atoms with Crippen molar-refractivity contribution in [3.8, 4) is 0 Å². The lowest BCUT2D eigenvalue weighted by Crippen LogP contribution is -2.44. The predicted molar refractivity (Wildman–Crippen MR) is 65.3 cm³/mol. The maximum atomic E-state index is 12.3. The van der Waals surface area contributed by atoms with Gasteiger partial charge in [-0.15, -0.1) is 0 Å². The third-order valence-corrected chi connectivity index (χ3v) is 3.44. The first kappa shape index (κ1) is 12.1. The Morgan fingerprint density at radius 3 is 3.12 bits per heavy atom. The number of likely N-dealkylation sites (tertiary alicyclic amines) is 1. The quantitative estimate of drug-likeness (QED) is 0.837. The van der Waals surface area contributed by atoms with E-state index < -0.39 is 0 Å². The van der Waals surface area contributed by atoms with Crippen LogP contribution in [0.3, 0.4) is 0 Å². The lowest BCUT2D eigenvalue weighted by Gasteiger charge is -2.33. The molecule has 1 aromatic heterocycles. The first-order chi connectivity index (χ1) is 8.22. The summed E-state index contributed by atoms with van der Waals surface area (Å²) in [5, 5.41) is 4.12. The van der Waals surface area contributed by atoms with Crippen LogP contribution >= 0.6 is 0 Å². The monoisotopic (exact) mass is 236 g/mol. The Hall–Kier alpha value is -1.36. The smallest absolute Gasteiger partial charge is 0.247 e. The number of nitrogens with two attached hydrogens (primary N) is 1. The maximum absolute atomic E-state index is 12.3. The van der Waals surface area contributed by atoms with E-state index in [1.165, 1.54) is 0 Å². The number of hydrogen-bond donors (Lipinski definition) is 1. The largest absolute Gasteiger partial charge is 0.341 e. The molecule has 1 aromatic rings. The highest BCUT2D eigenvalue weighted by Crippen LogP contribution is 2.18. The fourth-order valence-corrected chi connectivity index (χ4v) is 2.34. The average Bonchev–Trinajstić information content (AvgIpc) is 2.91. The molecule has 0 bridgehead atoms. The summed E-state index contributed by atoms with van der Waals surface area (Å²) >= 11 is 0. The number of hydrogen-bond acceptors (Lipinski definition) is 3. The fraction of sp³-hybridized carbons (Fsp3) is 0.667. The number of carbonyl (C=O) groups excluding carboxylic acids is 1. The van der Waals surface area contributed by atoms with Crippen LogP contribution in [0.25, 0.3) is 0 Å². The zero-order chi connectivity index (χ0) is 12.3. The molecule has 1 aliphatic rings. The summed E-state index contributed by atoms with van der Waals surface area (Å²) in [6, 6.07) is 1.62. The van der Waals surface area contributed by atoms with Gasteiger partial charge in [0.25, 0.3) is 0 Å². The topological polar surface area (TPSA) is 64.2 Å². The van der Waals surface area contributed by atoms with Crippen molar-refractivity contribution in [1.29, 1.82) is 0 Å². The standard InChI is InChI=1S/C12H20N4O/c1-10(16-7-3-5-14-16)12(17)15-6-2-4-11(8-13)9-15/h3,5,7,10-11H,2,4,6,8-9,13H2,1H3/t10-,11+/m1/s1. The summed E-state index contributed by atoms with van der Waals surface area (Å²) in [4.78, 5) is 14.2. The summed E-state index contributed by atoms with van der Waals surface area (Å²) < 4.78 is 1.70. The lowest BCUT2D eigenvalue weighted by atomic mass is 9.98. The molecule has 94 valence electrons. The van der Waals surface area contributed by atoms with E-state index in [0.29, 0.717) is 12.5 Å². The van der Waals surface area contributed by atoms with Gasteiger partial charge in [-0.1, -0.05) is 0 Å². The van der Waals surface area contributed by atoms with Crippen molar-refractivity contribution in [3.63, 3.8) is 0 Å². The molecule has 2 heterocycles. The van der Waals surface area contributed by atoms with E-state index in [4.69, 9.17) is 5.73 Å². The number of amides is 1. The Balaban J connectivity index is 1.99. The van der Waals surface area contributed by atoms with E-state index in [9.17, 15) is 4.79 Å². The first-order valence-electron chi connectivity index (χ1n) is 6.20. The molecular formula is C12H20N4O. The highest BCUT2D eigenvalue weighted by Gasteiger charge is 2.26. The second-order valence-electron chi connectivity index (χ2n) is 4.69. The minimum absolute atomic E-state index is 0.145. The van der Waals surface area contributed by atoms with E-state index in [-0.39, 0.29) is 11.9 Å². The highest BCUT2D eigenvalue weighted by atomic mass is 16.2. The van der Waals surface area contributed by atoms with Crippen LogP contribution in [0, 0.1) is 5.92 Å². The van der Waals surface area contributed by atoms with Crippen LogP contribution in [0.4, 0.5) is 0 Å². The maximum Gasteiger partial charge on any atom is 0.247 e. The van der Waals surface area contributed by atoms with Crippen LogP contribution in [0.5, 0.6) is 0 Å². The highest BCUT2D eigenvalue weighted by molar-refractivity contribution is 5.80. The van der Waals surface area contributed by atoms with Crippen LogP contribution in [-0.2, 0) is 4.79 Å². The zero-order valence-electron chi connectivity index (χ0n) is 10.2. The molecule has 1 fully saturated rings. The van der Waals surface area contributed by atoms with Gasteiger partial charge in [-0.05, 0) is 38.3 Å². The van der Waals surface area contributed by atoms with Crippen molar-refractivity contribution < 1.29 is 4.79 Å². The predicted octanol–water partition coefficient (Wildman–Crippen LogP) is 0.641. The summed E-state index contributed by atoms with van der Waals surface area (Å²) in [6.45, 7) is 4.20. The molecule has 0 saturated carbocycles. The average molecular weight is 236 g/mol. The molecule has 2 N–H and O–H groups in total. The van der Waals surface area contributed by atoms with Gasteiger partial charge in [0.1, 0.15) is 6.04 Å². The Labute approximate surface area is 102 Å². The van der Waals surface area contributed by atoms with Gasteiger partial charge in [-0.25, -0.2) is 0 Å². The first-order valence-corrected chi connectivity index (χ1v) is 6.20. The minimum Gasteiger partial charge on any atom is -0.341 e. The molecule has 0 radical (unpaired) electrons. The molecule has 0 unspecified atom stereocenters. The Morgan fingerprint density at radius 2 is 2.47 bits per heavy atom. The van der Waals surface area contributed by atoms with Crippen molar-refractivity contribution in [3.05, 3.63) is 18.5 Å². The Bertz CT molecular complexity index is 363. The molecule has 0 aromatic carbocycles. The van der Waals surface area contributed by atoms with E-state index in [0.717, 1.165) is 25.9 Å². The van der Waals surface area contributed by atoms with Crippen molar-refractivity contribution in [2.24, 2.45) is 11.7 Å². The third-order valence-electron chi connectivity index (χ3n) is 3.44. The van der Waals surface area contributed by atoms with Gasteiger partial charge in [0.05, 0.1) is 0 Å². The molecule has 1 amide bonds. The van der Waals surface area contributed by atoms with Crippen LogP contribution in [0.1, 0.15) is 25.8 Å². The number of nitrogens with zero attached hydrogens (tertiary/aromatic N) is 3. The Morgan fingerprint density at radius 1 is 1.65 bits per heavy atom. The van der Waals surface area contributed by atoms with Crippen molar-refractivity contribution in [2.45, 2.75) is 25.8 Å². The van der Waals surface area contributed by atoms with Crippen LogP contribution < -0.4 is 5.73 Å². The van der Waals surface area contributed by atoms with Crippen LogP contribution in [-0.4, -0.2) is 40.2 Å². The Kier molecular flexibility index (Phi) is 3.78.